The van der Waals surface area contributed by atoms with Crippen molar-refractivity contribution in [3.8, 4) is 5.75 Å². The first kappa shape index (κ1) is 12.0. The molecule has 0 atom stereocenters. The van der Waals surface area contributed by atoms with Crippen molar-refractivity contribution in [2.75, 3.05) is 0 Å². The number of fused-ring (bicyclic) bond motifs is 1. The summed E-state index contributed by atoms with van der Waals surface area (Å²) in [6.07, 6.45) is 0.223. The van der Waals surface area contributed by atoms with Crippen LogP contribution in [0.4, 0.5) is 0 Å². The molecule has 1 nitrogen and oxygen atoms in total. The van der Waals surface area contributed by atoms with Crippen molar-refractivity contribution in [1.29, 1.82) is 0 Å². The van der Waals surface area contributed by atoms with E-state index < -0.39 is 0 Å². The third-order valence-corrected chi connectivity index (χ3v) is 2.88. The summed E-state index contributed by atoms with van der Waals surface area (Å²) in [4.78, 5) is 0. The van der Waals surface area contributed by atoms with Crippen molar-refractivity contribution in [1.82, 2.24) is 0 Å². The SMILES string of the molecule is CC(C)Oc1ccc2c(C(C)C)cccc2c1. The fourth-order valence-corrected chi connectivity index (χ4v) is 2.14. The van der Waals surface area contributed by atoms with Gasteiger partial charge in [-0.05, 0) is 48.2 Å². The number of hydrogen-bond donors (Lipinski definition) is 0. The largest absolute Gasteiger partial charge is 0.491 e. The van der Waals surface area contributed by atoms with Gasteiger partial charge in [0.05, 0.1) is 6.10 Å². The molecule has 2 rings (SSSR count). The molecule has 17 heavy (non-hydrogen) atoms. The highest BCUT2D eigenvalue weighted by Crippen LogP contribution is 2.28. The van der Waals surface area contributed by atoms with Crippen LogP contribution in [0.3, 0.4) is 0 Å². The Hall–Kier alpha value is -1.50. The first-order valence-electron chi connectivity index (χ1n) is 6.27. The van der Waals surface area contributed by atoms with Gasteiger partial charge >= 0.3 is 0 Å². The maximum absolute atomic E-state index is 5.72. The van der Waals surface area contributed by atoms with Crippen molar-refractivity contribution in [3.05, 3.63) is 42.0 Å². The van der Waals surface area contributed by atoms with E-state index in [0.29, 0.717) is 5.92 Å². The smallest absolute Gasteiger partial charge is 0.120 e. The molecule has 0 saturated carbocycles. The van der Waals surface area contributed by atoms with Crippen LogP contribution in [0, 0.1) is 0 Å². The molecule has 0 spiro atoms. The number of benzene rings is 2. The summed E-state index contributed by atoms with van der Waals surface area (Å²) in [5, 5.41) is 2.59. The molecule has 2 aromatic carbocycles. The van der Waals surface area contributed by atoms with Crippen LogP contribution < -0.4 is 4.74 Å². The minimum Gasteiger partial charge on any atom is -0.491 e. The van der Waals surface area contributed by atoms with Crippen LogP contribution >= 0.6 is 0 Å². The summed E-state index contributed by atoms with van der Waals surface area (Å²) in [5.74, 6) is 1.50. The zero-order valence-electron chi connectivity index (χ0n) is 11.0. The summed E-state index contributed by atoms with van der Waals surface area (Å²) in [5.41, 5.74) is 1.40. The number of hydrogen-bond acceptors (Lipinski definition) is 1. The molecule has 0 aliphatic rings. The average Bonchev–Trinajstić information content (AvgIpc) is 2.26. The lowest BCUT2D eigenvalue weighted by Crippen LogP contribution is -2.05. The highest BCUT2D eigenvalue weighted by atomic mass is 16.5. The van der Waals surface area contributed by atoms with E-state index in [2.05, 4.69) is 64.1 Å². The van der Waals surface area contributed by atoms with Crippen LogP contribution in [0.2, 0.25) is 0 Å². The molecule has 0 aliphatic carbocycles. The van der Waals surface area contributed by atoms with E-state index in [-0.39, 0.29) is 6.10 Å². The molecular formula is C16H20O. The fraction of sp³-hybridized carbons (Fsp3) is 0.375. The van der Waals surface area contributed by atoms with E-state index >= 15 is 0 Å². The maximum Gasteiger partial charge on any atom is 0.120 e. The Bertz CT molecular complexity index is 512. The summed E-state index contributed by atoms with van der Waals surface area (Å²) in [7, 11) is 0. The third kappa shape index (κ3) is 2.60. The third-order valence-electron chi connectivity index (χ3n) is 2.88. The minimum absolute atomic E-state index is 0.223. The molecule has 1 heteroatoms. The Balaban J connectivity index is 2.49. The van der Waals surface area contributed by atoms with Crippen molar-refractivity contribution in [2.45, 2.75) is 39.7 Å². The van der Waals surface area contributed by atoms with Crippen LogP contribution in [0.25, 0.3) is 10.8 Å². The molecule has 2 aromatic rings. The Kier molecular flexibility index (Phi) is 3.37. The summed E-state index contributed by atoms with van der Waals surface area (Å²) >= 11 is 0. The van der Waals surface area contributed by atoms with Gasteiger partial charge in [-0.25, -0.2) is 0 Å². The van der Waals surface area contributed by atoms with Crippen molar-refractivity contribution < 1.29 is 4.74 Å². The molecule has 0 bridgehead atoms. The minimum atomic E-state index is 0.223. The van der Waals surface area contributed by atoms with Gasteiger partial charge in [0, 0.05) is 0 Å². The molecular weight excluding hydrogens is 208 g/mol. The van der Waals surface area contributed by atoms with Crippen LogP contribution in [-0.2, 0) is 0 Å². The maximum atomic E-state index is 5.72. The molecule has 0 heterocycles. The fourth-order valence-electron chi connectivity index (χ4n) is 2.14. The molecule has 90 valence electrons. The molecule has 0 radical (unpaired) electrons. The van der Waals surface area contributed by atoms with E-state index in [9.17, 15) is 0 Å². The number of rotatable bonds is 3. The van der Waals surface area contributed by atoms with E-state index in [1.165, 1.54) is 16.3 Å². The molecule has 0 aliphatic heterocycles. The Morgan fingerprint density at radius 1 is 0.941 bits per heavy atom. The lowest BCUT2D eigenvalue weighted by molar-refractivity contribution is 0.243. The van der Waals surface area contributed by atoms with Crippen molar-refractivity contribution in [3.63, 3.8) is 0 Å². The quantitative estimate of drug-likeness (QED) is 0.736. The monoisotopic (exact) mass is 228 g/mol. The van der Waals surface area contributed by atoms with Gasteiger partial charge in [-0.1, -0.05) is 38.1 Å². The van der Waals surface area contributed by atoms with Gasteiger partial charge < -0.3 is 4.74 Å². The van der Waals surface area contributed by atoms with Crippen LogP contribution in [-0.4, -0.2) is 6.10 Å². The molecule has 0 fully saturated rings. The highest BCUT2D eigenvalue weighted by Gasteiger charge is 2.06. The Labute approximate surface area is 103 Å². The zero-order valence-corrected chi connectivity index (χ0v) is 11.0. The van der Waals surface area contributed by atoms with E-state index in [0.717, 1.165) is 5.75 Å². The van der Waals surface area contributed by atoms with Crippen LogP contribution in [0.5, 0.6) is 5.75 Å². The van der Waals surface area contributed by atoms with Gasteiger partial charge in [0.1, 0.15) is 5.75 Å². The average molecular weight is 228 g/mol. The first-order valence-corrected chi connectivity index (χ1v) is 6.27. The second-order valence-corrected chi connectivity index (χ2v) is 5.05. The summed E-state index contributed by atoms with van der Waals surface area (Å²) in [6.45, 7) is 8.56. The summed E-state index contributed by atoms with van der Waals surface area (Å²) in [6, 6.07) is 12.8. The van der Waals surface area contributed by atoms with Crippen LogP contribution in [0.15, 0.2) is 36.4 Å². The van der Waals surface area contributed by atoms with E-state index in [1.807, 2.05) is 0 Å². The molecule has 0 N–H and O–H groups in total. The lowest BCUT2D eigenvalue weighted by Gasteiger charge is -2.13. The van der Waals surface area contributed by atoms with Crippen molar-refractivity contribution in [2.24, 2.45) is 0 Å². The zero-order chi connectivity index (χ0) is 12.4. The second-order valence-electron chi connectivity index (χ2n) is 5.05. The second kappa shape index (κ2) is 4.79. The molecule has 0 aromatic heterocycles. The Morgan fingerprint density at radius 2 is 1.71 bits per heavy atom. The van der Waals surface area contributed by atoms with Gasteiger partial charge in [-0.15, -0.1) is 0 Å². The van der Waals surface area contributed by atoms with E-state index in [4.69, 9.17) is 4.74 Å². The van der Waals surface area contributed by atoms with Crippen LogP contribution in [0.1, 0.15) is 39.2 Å². The van der Waals surface area contributed by atoms with Gasteiger partial charge in [0.2, 0.25) is 0 Å². The molecule has 0 amide bonds. The van der Waals surface area contributed by atoms with Gasteiger partial charge in [-0.2, -0.15) is 0 Å². The van der Waals surface area contributed by atoms with Gasteiger partial charge in [0.25, 0.3) is 0 Å². The topological polar surface area (TPSA) is 9.23 Å². The predicted octanol–water partition coefficient (Wildman–Crippen LogP) is 4.75. The van der Waals surface area contributed by atoms with Gasteiger partial charge in [-0.3, -0.25) is 0 Å². The predicted molar refractivity (Wildman–Crippen MR) is 73.8 cm³/mol. The highest BCUT2D eigenvalue weighted by molar-refractivity contribution is 5.87. The normalized spacial score (nSPS) is 11.4. The Morgan fingerprint density at radius 3 is 2.35 bits per heavy atom. The molecule has 0 saturated heterocycles. The van der Waals surface area contributed by atoms with E-state index in [1.54, 1.807) is 0 Å². The lowest BCUT2D eigenvalue weighted by atomic mass is 9.96. The van der Waals surface area contributed by atoms with Gasteiger partial charge in [0.15, 0.2) is 0 Å². The standard InChI is InChI=1S/C16H20O/c1-11(2)15-7-5-6-13-10-14(17-12(3)4)8-9-16(13)15/h5-12H,1-4H3. The molecule has 0 unspecified atom stereocenters. The number of ether oxygens (including phenoxy) is 1. The summed E-state index contributed by atoms with van der Waals surface area (Å²) < 4.78 is 5.72. The van der Waals surface area contributed by atoms with Crippen molar-refractivity contribution >= 4 is 10.8 Å². The first-order chi connectivity index (χ1) is 8.08.